The number of likely N-dealkylation sites (tertiary alicyclic amines) is 1. The number of amides is 2. The number of nitrogens with zero attached hydrogens (tertiary/aromatic N) is 2. The summed E-state index contributed by atoms with van der Waals surface area (Å²) in [6, 6.07) is 5.52. The SMILES string of the molecule is N#Cc1ccc(NC(=O)N2CCC(O)CC2)c(C(=O)O)c1. The van der Waals surface area contributed by atoms with Crippen LogP contribution in [0.1, 0.15) is 28.8 Å². The Morgan fingerprint density at radius 2 is 2.00 bits per heavy atom. The number of nitriles is 1. The summed E-state index contributed by atoms with van der Waals surface area (Å²) in [4.78, 5) is 24.8. The number of hydrogen-bond donors (Lipinski definition) is 3. The zero-order chi connectivity index (χ0) is 15.4. The van der Waals surface area contributed by atoms with E-state index < -0.39 is 18.1 Å². The molecule has 7 heteroatoms. The molecule has 2 amide bonds. The van der Waals surface area contributed by atoms with Crippen molar-refractivity contribution in [1.82, 2.24) is 4.90 Å². The van der Waals surface area contributed by atoms with Gasteiger partial charge in [0, 0.05) is 13.1 Å². The lowest BCUT2D eigenvalue weighted by molar-refractivity contribution is 0.0698. The van der Waals surface area contributed by atoms with Gasteiger partial charge in [0.05, 0.1) is 29.0 Å². The Morgan fingerprint density at radius 3 is 2.57 bits per heavy atom. The molecule has 3 N–H and O–H groups in total. The van der Waals surface area contributed by atoms with Crippen molar-refractivity contribution in [2.75, 3.05) is 18.4 Å². The molecular weight excluding hydrogens is 274 g/mol. The fraction of sp³-hybridized carbons (Fsp3) is 0.357. The zero-order valence-electron chi connectivity index (χ0n) is 11.2. The summed E-state index contributed by atoms with van der Waals surface area (Å²) >= 11 is 0. The van der Waals surface area contributed by atoms with E-state index >= 15 is 0 Å². The Labute approximate surface area is 121 Å². The quantitative estimate of drug-likeness (QED) is 0.758. The van der Waals surface area contributed by atoms with E-state index in [0.29, 0.717) is 25.9 Å². The van der Waals surface area contributed by atoms with Crippen molar-refractivity contribution in [1.29, 1.82) is 5.26 Å². The average Bonchev–Trinajstić information content (AvgIpc) is 2.48. The van der Waals surface area contributed by atoms with Crippen LogP contribution < -0.4 is 5.32 Å². The molecule has 0 radical (unpaired) electrons. The van der Waals surface area contributed by atoms with Crippen LogP contribution in [-0.2, 0) is 0 Å². The van der Waals surface area contributed by atoms with Gasteiger partial charge in [0.1, 0.15) is 0 Å². The Bertz CT molecular complexity index is 601. The van der Waals surface area contributed by atoms with Crippen molar-refractivity contribution in [3.8, 4) is 6.07 Å². The van der Waals surface area contributed by atoms with Crippen molar-refractivity contribution in [2.45, 2.75) is 18.9 Å². The minimum Gasteiger partial charge on any atom is -0.478 e. The molecule has 0 aliphatic carbocycles. The predicted molar refractivity (Wildman–Crippen MR) is 73.9 cm³/mol. The van der Waals surface area contributed by atoms with Gasteiger partial charge in [-0.2, -0.15) is 5.26 Å². The van der Waals surface area contributed by atoms with E-state index in [0.717, 1.165) is 0 Å². The maximum Gasteiger partial charge on any atom is 0.337 e. The van der Waals surface area contributed by atoms with Crippen LogP contribution in [-0.4, -0.2) is 46.3 Å². The monoisotopic (exact) mass is 289 g/mol. The molecule has 1 aromatic carbocycles. The largest absolute Gasteiger partial charge is 0.478 e. The highest BCUT2D eigenvalue weighted by Crippen LogP contribution is 2.19. The van der Waals surface area contributed by atoms with Crippen molar-refractivity contribution in [2.24, 2.45) is 0 Å². The van der Waals surface area contributed by atoms with E-state index in [4.69, 9.17) is 10.4 Å². The maximum absolute atomic E-state index is 12.1. The van der Waals surface area contributed by atoms with E-state index in [-0.39, 0.29) is 16.8 Å². The molecular formula is C14H15N3O4. The maximum atomic E-state index is 12.1. The number of aliphatic hydroxyl groups is 1. The van der Waals surface area contributed by atoms with Crippen LogP contribution in [0.5, 0.6) is 0 Å². The first-order chi connectivity index (χ1) is 10.0. The molecule has 0 spiro atoms. The summed E-state index contributed by atoms with van der Waals surface area (Å²) < 4.78 is 0. The standard InChI is InChI=1S/C14H15N3O4/c15-8-9-1-2-12(11(7-9)13(19)20)16-14(21)17-5-3-10(18)4-6-17/h1-2,7,10,18H,3-6H2,(H,16,21)(H,19,20). The number of carboxylic acid groups (broad SMARTS) is 1. The van der Waals surface area contributed by atoms with Crippen molar-refractivity contribution in [3.63, 3.8) is 0 Å². The minimum absolute atomic E-state index is 0.126. The van der Waals surface area contributed by atoms with Crippen LogP contribution >= 0.6 is 0 Å². The number of carbonyl (C=O) groups is 2. The molecule has 1 aromatic rings. The summed E-state index contributed by atoms with van der Waals surface area (Å²) in [5.41, 5.74) is 0.239. The highest BCUT2D eigenvalue weighted by atomic mass is 16.4. The van der Waals surface area contributed by atoms with E-state index in [1.807, 2.05) is 6.07 Å². The van der Waals surface area contributed by atoms with Crippen LogP contribution in [0.25, 0.3) is 0 Å². The molecule has 2 rings (SSSR count). The molecule has 1 aliphatic rings. The molecule has 1 aliphatic heterocycles. The number of hydrogen-bond acceptors (Lipinski definition) is 4. The minimum atomic E-state index is -1.21. The lowest BCUT2D eigenvalue weighted by Gasteiger charge is -2.29. The number of piperidine rings is 1. The van der Waals surface area contributed by atoms with Gasteiger partial charge in [-0.3, -0.25) is 0 Å². The molecule has 110 valence electrons. The molecule has 7 nitrogen and oxygen atoms in total. The molecule has 0 bridgehead atoms. The Kier molecular flexibility index (Phi) is 4.40. The summed E-state index contributed by atoms with van der Waals surface area (Å²) in [6.45, 7) is 0.845. The smallest absolute Gasteiger partial charge is 0.337 e. The number of rotatable bonds is 2. The topological polar surface area (TPSA) is 114 Å². The first-order valence-corrected chi connectivity index (χ1v) is 6.52. The number of aliphatic hydroxyl groups excluding tert-OH is 1. The third-order valence-electron chi connectivity index (χ3n) is 3.37. The van der Waals surface area contributed by atoms with Crippen molar-refractivity contribution in [3.05, 3.63) is 29.3 Å². The number of nitrogens with one attached hydrogen (secondary N) is 1. The van der Waals surface area contributed by atoms with Gasteiger partial charge in [-0.1, -0.05) is 0 Å². The van der Waals surface area contributed by atoms with Gasteiger partial charge in [-0.15, -0.1) is 0 Å². The molecule has 21 heavy (non-hydrogen) atoms. The van der Waals surface area contributed by atoms with Gasteiger partial charge < -0.3 is 20.4 Å². The Hall–Kier alpha value is -2.59. The normalized spacial score (nSPS) is 15.3. The molecule has 0 atom stereocenters. The van der Waals surface area contributed by atoms with E-state index in [1.165, 1.54) is 23.1 Å². The number of carbonyl (C=O) groups excluding carboxylic acids is 1. The number of aromatic carboxylic acids is 1. The summed E-state index contributed by atoms with van der Waals surface area (Å²) in [7, 11) is 0. The number of anilines is 1. The van der Waals surface area contributed by atoms with Crippen molar-refractivity contribution >= 4 is 17.7 Å². The van der Waals surface area contributed by atoms with E-state index in [9.17, 15) is 14.7 Å². The van der Waals surface area contributed by atoms with Crippen molar-refractivity contribution < 1.29 is 19.8 Å². The van der Waals surface area contributed by atoms with Crippen LogP contribution in [0.3, 0.4) is 0 Å². The zero-order valence-corrected chi connectivity index (χ0v) is 11.2. The Morgan fingerprint density at radius 1 is 1.33 bits per heavy atom. The van der Waals surface area contributed by atoms with E-state index in [2.05, 4.69) is 5.32 Å². The molecule has 0 saturated carbocycles. The van der Waals surface area contributed by atoms with Gasteiger partial charge in [0.15, 0.2) is 0 Å². The van der Waals surface area contributed by atoms with Crippen LogP contribution in [0.2, 0.25) is 0 Å². The lowest BCUT2D eigenvalue weighted by atomic mass is 10.1. The fourth-order valence-corrected chi connectivity index (χ4v) is 2.16. The first kappa shape index (κ1) is 14.8. The summed E-state index contributed by atoms with van der Waals surface area (Å²) in [5.74, 6) is -1.21. The van der Waals surface area contributed by atoms with Gasteiger partial charge in [0.25, 0.3) is 0 Å². The van der Waals surface area contributed by atoms with E-state index in [1.54, 1.807) is 0 Å². The third-order valence-corrected chi connectivity index (χ3v) is 3.37. The number of urea groups is 1. The highest BCUT2D eigenvalue weighted by Gasteiger charge is 2.22. The van der Waals surface area contributed by atoms with Crippen LogP contribution in [0.15, 0.2) is 18.2 Å². The van der Waals surface area contributed by atoms with Gasteiger partial charge in [0.2, 0.25) is 0 Å². The molecule has 1 fully saturated rings. The lowest BCUT2D eigenvalue weighted by Crippen LogP contribution is -2.42. The van der Waals surface area contributed by atoms with Gasteiger partial charge in [-0.25, -0.2) is 9.59 Å². The van der Waals surface area contributed by atoms with Gasteiger partial charge >= 0.3 is 12.0 Å². The molecule has 0 aromatic heterocycles. The molecule has 1 heterocycles. The number of carboxylic acids is 1. The van der Waals surface area contributed by atoms with Gasteiger partial charge in [-0.05, 0) is 31.0 Å². The molecule has 0 unspecified atom stereocenters. The molecule has 1 saturated heterocycles. The first-order valence-electron chi connectivity index (χ1n) is 6.52. The second-order valence-electron chi connectivity index (χ2n) is 4.83. The second-order valence-corrected chi connectivity index (χ2v) is 4.83. The summed E-state index contributed by atoms with van der Waals surface area (Å²) in [6.07, 6.45) is 0.623. The Balaban J connectivity index is 2.14. The fourth-order valence-electron chi connectivity index (χ4n) is 2.16. The number of benzene rings is 1. The average molecular weight is 289 g/mol. The summed E-state index contributed by atoms with van der Waals surface area (Å²) in [5, 5.41) is 29.9. The third kappa shape index (κ3) is 3.49. The van der Waals surface area contributed by atoms with Crippen LogP contribution in [0, 0.1) is 11.3 Å². The highest BCUT2D eigenvalue weighted by molar-refractivity contribution is 6.00. The second kappa shape index (κ2) is 6.24. The van der Waals surface area contributed by atoms with Crippen LogP contribution in [0.4, 0.5) is 10.5 Å². The predicted octanol–water partition coefficient (Wildman–Crippen LogP) is 1.25.